The summed E-state index contributed by atoms with van der Waals surface area (Å²) in [6.45, 7) is 30.8. The van der Waals surface area contributed by atoms with Gasteiger partial charge in [-0.1, -0.05) is 128 Å². The molecule has 2 heterocycles. The fourth-order valence-corrected chi connectivity index (χ4v) is 6.75. The summed E-state index contributed by atoms with van der Waals surface area (Å²) in [5.74, 6) is 3.06. The highest BCUT2D eigenvalue weighted by Crippen LogP contribution is 2.39. The van der Waals surface area contributed by atoms with Crippen molar-refractivity contribution in [3.05, 3.63) is 0 Å². The molecule has 2 nitrogen and oxygen atoms in total. The molecule has 0 aromatic carbocycles. The molecule has 240 valence electrons. The van der Waals surface area contributed by atoms with Gasteiger partial charge in [0, 0.05) is 19.8 Å². The van der Waals surface area contributed by atoms with Gasteiger partial charge in [-0.15, -0.1) is 0 Å². The van der Waals surface area contributed by atoms with Crippen LogP contribution in [-0.2, 0) is 9.47 Å². The predicted molar refractivity (Wildman–Crippen MR) is 178 cm³/mol. The van der Waals surface area contributed by atoms with Crippen LogP contribution in [0.5, 0.6) is 0 Å². The van der Waals surface area contributed by atoms with Crippen LogP contribution in [0.15, 0.2) is 0 Å². The Balaban J connectivity index is 0.000000268. The molecule has 0 N–H and O–H groups in total. The molecular weight excluding hydrogens is 488 g/mol. The van der Waals surface area contributed by atoms with Crippen LogP contribution >= 0.6 is 0 Å². The third kappa shape index (κ3) is 24.5. The van der Waals surface area contributed by atoms with Gasteiger partial charge in [0.25, 0.3) is 0 Å². The van der Waals surface area contributed by atoms with Gasteiger partial charge in [0.15, 0.2) is 0 Å². The molecule has 2 heteroatoms. The Morgan fingerprint density at radius 2 is 0.800 bits per heavy atom. The van der Waals surface area contributed by atoms with E-state index in [1.165, 1.54) is 96.3 Å². The average molecular weight is 565 g/mol. The Morgan fingerprint density at radius 1 is 0.400 bits per heavy atom. The van der Waals surface area contributed by atoms with Crippen molar-refractivity contribution in [1.82, 2.24) is 0 Å². The molecule has 2 aliphatic carbocycles. The molecule has 4 aliphatic rings. The van der Waals surface area contributed by atoms with Crippen LogP contribution in [0, 0.1) is 39.4 Å². The van der Waals surface area contributed by atoms with Crippen LogP contribution in [0.4, 0.5) is 0 Å². The van der Waals surface area contributed by atoms with Gasteiger partial charge >= 0.3 is 0 Å². The quantitative estimate of drug-likeness (QED) is 0.338. The van der Waals surface area contributed by atoms with E-state index >= 15 is 0 Å². The molecule has 2 saturated carbocycles. The Hall–Kier alpha value is -0.0800. The lowest BCUT2D eigenvalue weighted by atomic mass is 9.78. The molecule has 0 aromatic rings. The molecule has 0 aromatic heterocycles. The highest BCUT2D eigenvalue weighted by molar-refractivity contribution is 4.78. The first-order valence-electron chi connectivity index (χ1n) is 17.5. The number of hydrogen-bond donors (Lipinski definition) is 0. The fraction of sp³-hybridized carbons (Fsp3) is 1.00. The lowest BCUT2D eigenvalue weighted by Crippen LogP contribution is -2.20. The highest BCUT2D eigenvalue weighted by atomic mass is 16.5. The molecule has 1 atom stereocenters. The molecule has 0 bridgehead atoms. The second-order valence-electron chi connectivity index (χ2n) is 18.7. The first-order chi connectivity index (χ1) is 18.3. The van der Waals surface area contributed by atoms with E-state index in [1.54, 1.807) is 0 Å². The lowest BCUT2D eigenvalue weighted by Gasteiger charge is -2.28. The number of rotatable bonds is 4. The van der Waals surface area contributed by atoms with Crippen molar-refractivity contribution in [2.75, 3.05) is 19.8 Å². The minimum Gasteiger partial charge on any atom is -0.381 e. The van der Waals surface area contributed by atoms with Crippen LogP contribution in [0.2, 0.25) is 0 Å². The van der Waals surface area contributed by atoms with Gasteiger partial charge in [0.1, 0.15) is 0 Å². The van der Waals surface area contributed by atoms with Crippen molar-refractivity contribution in [1.29, 1.82) is 0 Å². The van der Waals surface area contributed by atoms with Crippen molar-refractivity contribution in [3.63, 3.8) is 0 Å². The van der Waals surface area contributed by atoms with E-state index < -0.39 is 0 Å². The highest BCUT2D eigenvalue weighted by Gasteiger charge is 2.27. The topological polar surface area (TPSA) is 18.5 Å². The summed E-state index contributed by atoms with van der Waals surface area (Å²) in [6, 6.07) is 0. The summed E-state index contributed by atoms with van der Waals surface area (Å²) < 4.78 is 10.8. The van der Waals surface area contributed by atoms with Gasteiger partial charge in [-0.3, -0.25) is 0 Å². The van der Waals surface area contributed by atoms with Crippen LogP contribution < -0.4 is 0 Å². The van der Waals surface area contributed by atoms with E-state index in [9.17, 15) is 0 Å². The van der Waals surface area contributed by atoms with E-state index in [2.05, 4.69) is 83.1 Å². The zero-order valence-corrected chi connectivity index (χ0v) is 29.9. The second-order valence-corrected chi connectivity index (χ2v) is 18.7. The summed E-state index contributed by atoms with van der Waals surface area (Å²) in [7, 11) is 0. The van der Waals surface area contributed by atoms with E-state index in [-0.39, 0.29) is 0 Å². The largest absolute Gasteiger partial charge is 0.381 e. The fourth-order valence-electron chi connectivity index (χ4n) is 6.75. The van der Waals surface area contributed by atoms with Gasteiger partial charge in [-0.2, -0.15) is 0 Å². The first kappa shape index (κ1) is 37.9. The van der Waals surface area contributed by atoms with Crippen LogP contribution in [0.3, 0.4) is 0 Å². The standard InChI is InChI=1S/C11H22.C10H20O.C9H18O.C8H16/c1-11(2,3)9-10-7-5-4-6-8-10;1-10(2,3)8-9-4-6-11-7-5-9;1-9(2,3)7-8-5-4-6-10-8;1-8(2,3)6-7-4-5-7/h10H,4-9H2,1-3H3;9H,4-8H2,1-3H3;8H,4-7H2,1-3H3;7H,4-6H2,1-3H3. The van der Waals surface area contributed by atoms with Crippen molar-refractivity contribution in [3.8, 4) is 0 Å². The van der Waals surface area contributed by atoms with E-state index in [0.29, 0.717) is 27.8 Å². The molecule has 4 rings (SSSR count). The van der Waals surface area contributed by atoms with Crippen LogP contribution in [0.1, 0.15) is 179 Å². The van der Waals surface area contributed by atoms with Gasteiger partial charge in [-0.25, -0.2) is 0 Å². The number of ether oxygens (including phenoxy) is 2. The van der Waals surface area contributed by atoms with Crippen molar-refractivity contribution >= 4 is 0 Å². The van der Waals surface area contributed by atoms with Crippen molar-refractivity contribution < 1.29 is 9.47 Å². The van der Waals surface area contributed by atoms with Crippen LogP contribution in [-0.4, -0.2) is 25.9 Å². The first-order valence-corrected chi connectivity index (χ1v) is 17.5. The monoisotopic (exact) mass is 565 g/mol. The summed E-state index contributed by atoms with van der Waals surface area (Å²) in [6.07, 6.45) is 21.5. The van der Waals surface area contributed by atoms with Gasteiger partial charge in [0.2, 0.25) is 0 Å². The molecule has 0 spiro atoms. The number of hydrogen-bond acceptors (Lipinski definition) is 2. The van der Waals surface area contributed by atoms with Crippen LogP contribution in [0.25, 0.3) is 0 Å². The summed E-state index contributed by atoms with van der Waals surface area (Å²) in [4.78, 5) is 0. The van der Waals surface area contributed by atoms with E-state index in [0.717, 1.165) is 37.6 Å². The molecule has 1 unspecified atom stereocenters. The molecule has 2 saturated heterocycles. The Morgan fingerprint density at radius 3 is 1.12 bits per heavy atom. The Labute approximate surface area is 253 Å². The maximum Gasteiger partial charge on any atom is 0.0581 e. The third-order valence-electron chi connectivity index (χ3n) is 8.33. The Kier molecular flexibility index (Phi) is 17.0. The minimum atomic E-state index is 0.439. The van der Waals surface area contributed by atoms with Crippen molar-refractivity contribution in [2.45, 2.75) is 186 Å². The SMILES string of the molecule is CC(C)(C)CC1CC1.CC(C)(C)CC1CCCCC1.CC(C)(C)CC1CCCO1.CC(C)(C)CC1CCOCC1. The zero-order chi connectivity index (χ0) is 30.5. The molecule has 0 radical (unpaired) electrons. The molecular formula is C38H76O2. The second kappa shape index (κ2) is 17.9. The third-order valence-corrected chi connectivity index (χ3v) is 8.33. The van der Waals surface area contributed by atoms with E-state index in [1.807, 2.05) is 0 Å². The summed E-state index contributed by atoms with van der Waals surface area (Å²) >= 11 is 0. The van der Waals surface area contributed by atoms with Crippen molar-refractivity contribution in [2.24, 2.45) is 39.4 Å². The average Bonchev–Trinajstić information content (AvgIpc) is 3.43. The lowest BCUT2D eigenvalue weighted by molar-refractivity contribution is 0.0532. The molecule has 2 aliphatic heterocycles. The maximum absolute atomic E-state index is 5.53. The molecule has 0 amide bonds. The molecule has 40 heavy (non-hydrogen) atoms. The predicted octanol–water partition coefficient (Wildman–Crippen LogP) is 12.3. The van der Waals surface area contributed by atoms with Gasteiger partial charge in [0.05, 0.1) is 6.10 Å². The Bertz CT molecular complexity index is 572. The van der Waals surface area contributed by atoms with E-state index in [4.69, 9.17) is 9.47 Å². The smallest absolute Gasteiger partial charge is 0.0581 e. The van der Waals surface area contributed by atoms with Gasteiger partial charge < -0.3 is 9.47 Å². The normalized spacial score (nSPS) is 23.2. The zero-order valence-electron chi connectivity index (χ0n) is 29.9. The summed E-state index contributed by atoms with van der Waals surface area (Å²) in [5, 5.41) is 0. The minimum absolute atomic E-state index is 0.439. The van der Waals surface area contributed by atoms with Gasteiger partial charge in [-0.05, 0) is 90.8 Å². The molecule has 4 fully saturated rings. The summed E-state index contributed by atoms with van der Waals surface area (Å²) in [5.41, 5.74) is 2.08. The maximum atomic E-state index is 5.53.